The van der Waals surface area contributed by atoms with E-state index in [2.05, 4.69) is 15.0 Å². The first-order chi connectivity index (χ1) is 9.54. The number of alkyl halides is 2. The van der Waals surface area contributed by atoms with Crippen molar-refractivity contribution in [3.63, 3.8) is 0 Å². The lowest BCUT2D eigenvalue weighted by atomic mass is 10.2. The Morgan fingerprint density at radius 1 is 1.20 bits per heavy atom. The summed E-state index contributed by atoms with van der Waals surface area (Å²) in [6.07, 6.45) is 1.42. The molecule has 5 nitrogen and oxygen atoms in total. The minimum absolute atomic E-state index is 0.00861. The van der Waals surface area contributed by atoms with Crippen molar-refractivity contribution in [1.82, 2.24) is 4.98 Å². The lowest BCUT2D eigenvalue weighted by Gasteiger charge is -2.07. The molecule has 3 N–H and O–H groups in total. The van der Waals surface area contributed by atoms with Gasteiger partial charge in [-0.1, -0.05) is 0 Å². The molecule has 20 heavy (non-hydrogen) atoms. The molecule has 7 heteroatoms. The van der Waals surface area contributed by atoms with E-state index in [1.807, 2.05) is 0 Å². The number of anilines is 2. The first-order valence-corrected chi connectivity index (χ1v) is 5.62. The van der Waals surface area contributed by atoms with Crippen LogP contribution in [-0.2, 0) is 0 Å². The van der Waals surface area contributed by atoms with Gasteiger partial charge < -0.3 is 15.8 Å². The normalized spacial score (nSPS) is 10.3. The van der Waals surface area contributed by atoms with Crippen molar-refractivity contribution in [2.75, 3.05) is 11.1 Å². The number of rotatable bonds is 4. The fourth-order valence-electron chi connectivity index (χ4n) is 1.47. The fraction of sp³-hybridized carbons (Fsp3) is 0.0769. The molecule has 0 spiro atoms. The van der Waals surface area contributed by atoms with E-state index in [-0.39, 0.29) is 11.7 Å². The molecule has 0 aliphatic heterocycles. The van der Waals surface area contributed by atoms with Gasteiger partial charge in [0.25, 0.3) is 5.91 Å². The molecule has 2 rings (SSSR count). The minimum Gasteiger partial charge on any atom is -0.435 e. The molecule has 0 aliphatic rings. The third-order valence-corrected chi connectivity index (χ3v) is 2.39. The Morgan fingerprint density at radius 3 is 2.45 bits per heavy atom. The van der Waals surface area contributed by atoms with Crippen LogP contribution in [0.15, 0.2) is 42.6 Å². The van der Waals surface area contributed by atoms with Crippen LogP contribution in [0.4, 0.5) is 20.3 Å². The molecule has 1 heterocycles. The van der Waals surface area contributed by atoms with E-state index in [0.717, 1.165) is 0 Å². The molecule has 0 aliphatic carbocycles. The molecule has 1 amide bonds. The summed E-state index contributed by atoms with van der Waals surface area (Å²) >= 11 is 0. The van der Waals surface area contributed by atoms with Gasteiger partial charge in [-0.25, -0.2) is 4.98 Å². The van der Waals surface area contributed by atoms with Gasteiger partial charge in [-0.05, 0) is 36.4 Å². The number of carbonyl (C=O) groups excluding carboxylic acids is 1. The second-order valence-corrected chi connectivity index (χ2v) is 3.83. The van der Waals surface area contributed by atoms with E-state index >= 15 is 0 Å². The molecule has 0 saturated heterocycles. The number of ether oxygens (including phenoxy) is 1. The predicted octanol–water partition coefficient (Wildman–Crippen LogP) is 2.52. The number of hydrogen-bond donors (Lipinski definition) is 2. The van der Waals surface area contributed by atoms with Gasteiger partial charge in [0.15, 0.2) is 0 Å². The van der Waals surface area contributed by atoms with Crippen LogP contribution in [-0.4, -0.2) is 17.5 Å². The fourth-order valence-corrected chi connectivity index (χ4v) is 1.47. The maximum Gasteiger partial charge on any atom is 0.387 e. The van der Waals surface area contributed by atoms with Gasteiger partial charge in [-0.2, -0.15) is 8.78 Å². The summed E-state index contributed by atoms with van der Waals surface area (Å²) in [6, 6.07) is 8.52. The van der Waals surface area contributed by atoms with E-state index in [9.17, 15) is 13.6 Å². The number of amides is 1. The highest BCUT2D eigenvalue weighted by atomic mass is 19.3. The standard InChI is InChI=1S/C13H11F2N3O2/c14-13(15)20-10-4-1-8(2-5-10)12(19)18-9-3-6-11(16)17-7-9/h1-7,13H,(H2,16,17)(H,18,19). The molecule has 1 aromatic carbocycles. The van der Waals surface area contributed by atoms with Gasteiger partial charge in [0, 0.05) is 5.56 Å². The zero-order chi connectivity index (χ0) is 14.5. The number of aromatic nitrogens is 1. The second kappa shape index (κ2) is 5.96. The molecular formula is C13H11F2N3O2. The van der Waals surface area contributed by atoms with E-state index in [1.165, 1.54) is 30.5 Å². The maximum absolute atomic E-state index is 12.0. The number of nitrogens with zero attached hydrogens (tertiary/aromatic N) is 1. The van der Waals surface area contributed by atoms with Crippen molar-refractivity contribution < 1.29 is 18.3 Å². The van der Waals surface area contributed by atoms with Crippen molar-refractivity contribution in [3.05, 3.63) is 48.2 Å². The molecule has 0 saturated carbocycles. The number of pyridine rings is 1. The van der Waals surface area contributed by atoms with Gasteiger partial charge in [-0.15, -0.1) is 0 Å². The summed E-state index contributed by atoms with van der Waals surface area (Å²) in [4.78, 5) is 15.7. The molecule has 0 atom stereocenters. The Balaban J connectivity index is 2.03. The smallest absolute Gasteiger partial charge is 0.387 e. The number of carbonyl (C=O) groups is 1. The summed E-state index contributed by atoms with van der Waals surface area (Å²) in [5, 5.41) is 2.60. The number of hydrogen-bond acceptors (Lipinski definition) is 4. The van der Waals surface area contributed by atoms with Crippen molar-refractivity contribution in [2.24, 2.45) is 0 Å². The van der Waals surface area contributed by atoms with E-state index in [1.54, 1.807) is 12.1 Å². The maximum atomic E-state index is 12.0. The van der Waals surface area contributed by atoms with Crippen molar-refractivity contribution in [1.29, 1.82) is 0 Å². The van der Waals surface area contributed by atoms with Gasteiger partial charge in [0.2, 0.25) is 0 Å². The van der Waals surface area contributed by atoms with E-state index < -0.39 is 6.61 Å². The molecule has 2 aromatic rings. The summed E-state index contributed by atoms with van der Waals surface area (Å²) in [5.41, 5.74) is 6.22. The molecule has 0 unspecified atom stereocenters. The van der Waals surface area contributed by atoms with Crippen molar-refractivity contribution in [3.8, 4) is 5.75 Å². The monoisotopic (exact) mass is 279 g/mol. The average Bonchev–Trinajstić information content (AvgIpc) is 2.41. The van der Waals surface area contributed by atoms with Crippen LogP contribution in [0.1, 0.15) is 10.4 Å². The van der Waals surface area contributed by atoms with Gasteiger partial charge in [-0.3, -0.25) is 4.79 Å². The zero-order valence-corrected chi connectivity index (χ0v) is 10.2. The molecule has 0 fully saturated rings. The Hall–Kier alpha value is -2.70. The van der Waals surface area contributed by atoms with Crippen LogP contribution >= 0.6 is 0 Å². The largest absolute Gasteiger partial charge is 0.435 e. The topological polar surface area (TPSA) is 77.2 Å². The molecule has 0 radical (unpaired) electrons. The Labute approximate surface area is 113 Å². The van der Waals surface area contributed by atoms with Gasteiger partial charge in [0.1, 0.15) is 11.6 Å². The third-order valence-electron chi connectivity index (χ3n) is 2.39. The first-order valence-electron chi connectivity index (χ1n) is 5.62. The highest BCUT2D eigenvalue weighted by molar-refractivity contribution is 6.04. The molecule has 1 aromatic heterocycles. The average molecular weight is 279 g/mol. The Morgan fingerprint density at radius 2 is 1.90 bits per heavy atom. The van der Waals surface area contributed by atoms with E-state index in [0.29, 0.717) is 17.1 Å². The van der Waals surface area contributed by atoms with Crippen molar-refractivity contribution >= 4 is 17.4 Å². The Kier molecular flexibility index (Phi) is 4.09. The number of benzene rings is 1. The summed E-state index contributed by atoms with van der Waals surface area (Å²) in [5.74, 6) is -0.0534. The zero-order valence-electron chi connectivity index (χ0n) is 10.2. The number of nitrogens with two attached hydrogens (primary N) is 1. The quantitative estimate of drug-likeness (QED) is 0.901. The second-order valence-electron chi connectivity index (χ2n) is 3.83. The van der Waals surface area contributed by atoms with Crippen LogP contribution in [0, 0.1) is 0 Å². The number of nitrogens with one attached hydrogen (secondary N) is 1. The van der Waals surface area contributed by atoms with Gasteiger partial charge >= 0.3 is 6.61 Å². The Bertz CT molecular complexity index is 586. The molecule has 0 bridgehead atoms. The predicted molar refractivity (Wildman–Crippen MR) is 69.7 cm³/mol. The third kappa shape index (κ3) is 3.64. The van der Waals surface area contributed by atoms with Gasteiger partial charge in [0.05, 0.1) is 11.9 Å². The van der Waals surface area contributed by atoms with Crippen molar-refractivity contribution in [2.45, 2.75) is 6.61 Å². The highest BCUT2D eigenvalue weighted by Gasteiger charge is 2.08. The van der Waals surface area contributed by atoms with E-state index in [4.69, 9.17) is 5.73 Å². The number of nitrogen functional groups attached to an aromatic ring is 1. The number of halogens is 2. The first kappa shape index (κ1) is 13.7. The van der Waals surface area contributed by atoms with Crippen LogP contribution < -0.4 is 15.8 Å². The summed E-state index contributed by atoms with van der Waals surface area (Å²) in [7, 11) is 0. The van der Waals surface area contributed by atoms with Crippen LogP contribution in [0.25, 0.3) is 0 Å². The van der Waals surface area contributed by atoms with Crippen LogP contribution in [0.5, 0.6) is 5.75 Å². The lowest BCUT2D eigenvalue weighted by Crippen LogP contribution is -2.12. The lowest BCUT2D eigenvalue weighted by molar-refractivity contribution is -0.0498. The van der Waals surface area contributed by atoms with Crippen LogP contribution in [0.2, 0.25) is 0 Å². The molecule has 104 valence electrons. The van der Waals surface area contributed by atoms with Crippen LogP contribution in [0.3, 0.4) is 0 Å². The summed E-state index contributed by atoms with van der Waals surface area (Å²) in [6.45, 7) is -2.89. The highest BCUT2D eigenvalue weighted by Crippen LogP contribution is 2.16. The minimum atomic E-state index is -2.89. The summed E-state index contributed by atoms with van der Waals surface area (Å²) < 4.78 is 28.2. The molecular weight excluding hydrogens is 268 g/mol. The SMILES string of the molecule is Nc1ccc(NC(=O)c2ccc(OC(F)F)cc2)cn1.